The highest BCUT2D eigenvalue weighted by Crippen LogP contribution is 2.28. The van der Waals surface area contributed by atoms with Crippen LogP contribution < -0.4 is 15.4 Å². The van der Waals surface area contributed by atoms with Gasteiger partial charge in [-0.2, -0.15) is 0 Å². The van der Waals surface area contributed by atoms with Gasteiger partial charge in [0.05, 0.1) is 23.5 Å². The monoisotopic (exact) mass is 324 g/mol. The Morgan fingerprint density at radius 2 is 1.76 bits per heavy atom. The van der Waals surface area contributed by atoms with Gasteiger partial charge in [0.1, 0.15) is 5.75 Å². The molecule has 0 aliphatic carbocycles. The number of urea groups is 1. The molecule has 0 bridgehead atoms. The second kappa shape index (κ2) is 6.70. The predicted molar refractivity (Wildman–Crippen MR) is 86.8 cm³/mol. The van der Waals surface area contributed by atoms with E-state index in [1.807, 2.05) is 13.0 Å². The third-order valence-corrected chi connectivity index (χ3v) is 3.34. The van der Waals surface area contributed by atoms with E-state index in [0.717, 1.165) is 5.56 Å². The van der Waals surface area contributed by atoms with Gasteiger partial charge in [0.25, 0.3) is 0 Å². The number of nitrogens with one attached hydrogen (secondary N) is 2. The summed E-state index contributed by atoms with van der Waals surface area (Å²) >= 11 is 12.0. The molecular weight excluding hydrogens is 311 g/mol. The van der Waals surface area contributed by atoms with Crippen LogP contribution in [0.3, 0.4) is 0 Å². The van der Waals surface area contributed by atoms with Crippen LogP contribution in [0, 0.1) is 6.92 Å². The molecule has 0 spiro atoms. The first-order chi connectivity index (χ1) is 9.99. The normalized spacial score (nSPS) is 10.1. The van der Waals surface area contributed by atoms with Gasteiger partial charge in [0.15, 0.2) is 0 Å². The first-order valence-corrected chi connectivity index (χ1v) is 6.93. The Hall–Kier alpha value is -1.91. The van der Waals surface area contributed by atoms with Crippen molar-refractivity contribution in [3.8, 4) is 5.75 Å². The molecule has 0 aliphatic rings. The van der Waals surface area contributed by atoms with Crippen molar-refractivity contribution < 1.29 is 9.53 Å². The van der Waals surface area contributed by atoms with Crippen LogP contribution in [-0.4, -0.2) is 13.1 Å². The second-order valence-electron chi connectivity index (χ2n) is 4.41. The van der Waals surface area contributed by atoms with Crippen molar-refractivity contribution in [2.45, 2.75) is 6.92 Å². The number of rotatable bonds is 3. The van der Waals surface area contributed by atoms with Crippen molar-refractivity contribution in [1.29, 1.82) is 0 Å². The number of carbonyl (C=O) groups excluding carboxylic acids is 1. The summed E-state index contributed by atoms with van der Waals surface area (Å²) in [6, 6.07) is 9.92. The van der Waals surface area contributed by atoms with E-state index in [1.54, 1.807) is 30.3 Å². The Bertz CT molecular complexity index is 675. The number of carbonyl (C=O) groups is 1. The number of methoxy groups -OCH3 is 1. The van der Waals surface area contributed by atoms with E-state index in [9.17, 15) is 4.79 Å². The second-order valence-corrected chi connectivity index (χ2v) is 5.25. The Morgan fingerprint density at radius 1 is 1.05 bits per heavy atom. The fraction of sp³-hybridized carbons (Fsp3) is 0.133. The van der Waals surface area contributed by atoms with Gasteiger partial charge in [0, 0.05) is 5.02 Å². The van der Waals surface area contributed by atoms with Crippen LogP contribution in [0.5, 0.6) is 5.75 Å². The minimum absolute atomic E-state index is 0.428. The number of ether oxygens (including phenoxy) is 1. The third kappa shape index (κ3) is 4.03. The van der Waals surface area contributed by atoms with Crippen LogP contribution in [0.2, 0.25) is 10.0 Å². The largest absolute Gasteiger partial charge is 0.495 e. The van der Waals surface area contributed by atoms with Gasteiger partial charge in [0.2, 0.25) is 0 Å². The molecule has 0 fully saturated rings. The number of benzene rings is 2. The summed E-state index contributed by atoms with van der Waals surface area (Å²) in [5.41, 5.74) is 2.01. The van der Waals surface area contributed by atoms with Gasteiger partial charge in [-0.25, -0.2) is 4.79 Å². The molecule has 2 aromatic rings. The van der Waals surface area contributed by atoms with Gasteiger partial charge < -0.3 is 15.4 Å². The van der Waals surface area contributed by atoms with E-state index in [0.29, 0.717) is 27.2 Å². The molecule has 2 aromatic carbocycles. The van der Waals surface area contributed by atoms with Gasteiger partial charge >= 0.3 is 6.03 Å². The lowest BCUT2D eigenvalue weighted by Gasteiger charge is -2.12. The Morgan fingerprint density at radius 3 is 2.48 bits per heavy atom. The molecule has 0 aromatic heterocycles. The Balaban J connectivity index is 2.15. The maximum absolute atomic E-state index is 12.0. The summed E-state index contributed by atoms with van der Waals surface area (Å²) in [5, 5.41) is 6.34. The molecule has 6 heteroatoms. The van der Waals surface area contributed by atoms with E-state index < -0.39 is 6.03 Å². The van der Waals surface area contributed by atoms with Crippen LogP contribution >= 0.6 is 23.2 Å². The highest BCUT2D eigenvalue weighted by Gasteiger charge is 2.10. The molecule has 0 unspecified atom stereocenters. The minimum Gasteiger partial charge on any atom is -0.495 e. The summed E-state index contributed by atoms with van der Waals surface area (Å²) < 4.78 is 5.17. The van der Waals surface area contributed by atoms with E-state index in [-0.39, 0.29) is 0 Å². The van der Waals surface area contributed by atoms with Crippen LogP contribution in [0.4, 0.5) is 16.2 Å². The summed E-state index contributed by atoms with van der Waals surface area (Å²) in [5.74, 6) is 0.518. The first-order valence-electron chi connectivity index (χ1n) is 6.17. The maximum atomic E-state index is 12.0. The SMILES string of the molecule is COc1ccc(Cl)cc1NC(=O)Nc1cc(C)ccc1Cl. The van der Waals surface area contributed by atoms with Gasteiger partial charge in [-0.05, 0) is 42.8 Å². The molecule has 0 saturated heterocycles. The van der Waals surface area contributed by atoms with Gasteiger partial charge in [-0.3, -0.25) is 0 Å². The van der Waals surface area contributed by atoms with Crippen LogP contribution in [0.1, 0.15) is 5.56 Å². The molecular formula is C15H14Cl2N2O2. The lowest BCUT2D eigenvalue weighted by Crippen LogP contribution is -2.20. The lowest BCUT2D eigenvalue weighted by atomic mass is 10.2. The predicted octanol–water partition coefficient (Wildman–Crippen LogP) is 4.95. The number of amides is 2. The molecule has 0 radical (unpaired) electrons. The van der Waals surface area contributed by atoms with Crippen molar-refractivity contribution in [2.24, 2.45) is 0 Å². The fourth-order valence-electron chi connectivity index (χ4n) is 1.79. The number of anilines is 2. The topological polar surface area (TPSA) is 50.4 Å². The maximum Gasteiger partial charge on any atom is 0.323 e. The summed E-state index contributed by atoms with van der Waals surface area (Å²) in [6.07, 6.45) is 0. The molecule has 2 N–H and O–H groups in total. The molecule has 0 heterocycles. The molecule has 2 rings (SSSR count). The van der Waals surface area contributed by atoms with Crippen LogP contribution in [0.15, 0.2) is 36.4 Å². The number of halogens is 2. The zero-order valence-corrected chi connectivity index (χ0v) is 13.0. The molecule has 0 aliphatic heterocycles. The number of hydrogen-bond acceptors (Lipinski definition) is 2. The summed E-state index contributed by atoms with van der Waals surface area (Å²) in [7, 11) is 1.52. The molecule has 110 valence electrons. The van der Waals surface area contributed by atoms with Crippen molar-refractivity contribution in [3.05, 3.63) is 52.0 Å². The van der Waals surface area contributed by atoms with Crippen LogP contribution in [0.25, 0.3) is 0 Å². The fourth-order valence-corrected chi connectivity index (χ4v) is 2.13. The summed E-state index contributed by atoms with van der Waals surface area (Å²) in [4.78, 5) is 12.0. The quantitative estimate of drug-likeness (QED) is 0.838. The molecule has 0 saturated carbocycles. The van der Waals surface area contributed by atoms with E-state index in [2.05, 4.69) is 10.6 Å². The Kier molecular flexibility index (Phi) is 4.94. The van der Waals surface area contributed by atoms with E-state index in [4.69, 9.17) is 27.9 Å². The molecule has 21 heavy (non-hydrogen) atoms. The summed E-state index contributed by atoms with van der Waals surface area (Å²) in [6.45, 7) is 1.92. The average Bonchev–Trinajstić information content (AvgIpc) is 2.43. The smallest absolute Gasteiger partial charge is 0.323 e. The van der Waals surface area contributed by atoms with E-state index >= 15 is 0 Å². The number of hydrogen-bond donors (Lipinski definition) is 2. The average molecular weight is 325 g/mol. The Labute approximate surface area is 133 Å². The third-order valence-electron chi connectivity index (χ3n) is 2.78. The van der Waals surface area contributed by atoms with Gasteiger partial charge in [-0.15, -0.1) is 0 Å². The standard InChI is InChI=1S/C15H14Cl2N2O2/c1-9-3-5-11(17)12(7-9)18-15(20)19-13-8-10(16)4-6-14(13)21-2/h3-8H,1-2H3,(H2,18,19,20). The zero-order chi connectivity index (χ0) is 15.4. The molecule has 4 nitrogen and oxygen atoms in total. The first kappa shape index (κ1) is 15.5. The van der Waals surface area contributed by atoms with Gasteiger partial charge in [-0.1, -0.05) is 29.3 Å². The zero-order valence-electron chi connectivity index (χ0n) is 11.5. The molecule has 0 atom stereocenters. The lowest BCUT2D eigenvalue weighted by molar-refractivity contribution is 0.262. The molecule has 2 amide bonds. The van der Waals surface area contributed by atoms with Crippen molar-refractivity contribution in [3.63, 3.8) is 0 Å². The number of aryl methyl sites for hydroxylation is 1. The highest BCUT2D eigenvalue weighted by atomic mass is 35.5. The van der Waals surface area contributed by atoms with Crippen molar-refractivity contribution in [1.82, 2.24) is 0 Å². The highest BCUT2D eigenvalue weighted by molar-refractivity contribution is 6.34. The van der Waals surface area contributed by atoms with Crippen molar-refractivity contribution >= 4 is 40.6 Å². The minimum atomic E-state index is -0.428. The van der Waals surface area contributed by atoms with Crippen LogP contribution in [-0.2, 0) is 0 Å². The van der Waals surface area contributed by atoms with E-state index in [1.165, 1.54) is 7.11 Å². The van der Waals surface area contributed by atoms with Crippen molar-refractivity contribution in [2.75, 3.05) is 17.7 Å².